The van der Waals surface area contributed by atoms with Crippen LogP contribution in [0.15, 0.2) is 42.7 Å². The highest BCUT2D eigenvalue weighted by atomic mass is 32.2. The number of aryl methyl sites for hydroxylation is 1. The molecule has 0 fully saturated rings. The Labute approximate surface area is 116 Å². The van der Waals surface area contributed by atoms with E-state index in [1.165, 1.54) is 5.39 Å². The second-order valence-corrected chi connectivity index (χ2v) is 6.39. The van der Waals surface area contributed by atoms with Gasteiger partial charge in [0, 0.05) is 28.8 Å². The fourth-order valence-electron chi connectivity index (χ4n) is 2.41. The first-order valence-electron chi connectivity index (χ1n) is 6.38. The molecule has 5 nitrogen and oxygen atoms in total. The highest BCUT2D eigenvalue weighted by Crippen LogP contribution is 2.23. The molecule has 0 aliphatic rings. The Morgan fingerprint density at radius 2 is 1.85 bits per heavy atom. The van der Waals surface area contributed by atoms with Crippen LogP contribution in [0.5, 0.6) is 0 Å². The Balaban J connectivity index is 1.89. The van der Waals surface area contributed by atoms with Crippen LogP contribution in [0.25, 0.3) is 21.8 Å². The molecule has 2 heterocycles. The number of hydrogen-bond donors (Lipinski definition) is 2. The van der Waals surface area contributed by atoms with Crippen LogP contribution in [0.4, 0.5) is 0 Å². The van der Waals surface area contributed by atoms with Gasteiger partial charge >= 0.3 is 0 Å². The summed E-state index contributed by atoms with van der Waals surface area (Å²) in [6.07, 6.45) is 4.27. The number of H-pyrrole nitrogens is 1. The number of benzene rings is 1. The fourth-order valence-corrected chi connectivity index (χ4v) is 2.91. The number of hydrogen-bond acceptors (Lipinski definition) is 2. The van der Waals surface area contributed by atoms with Gasteiger partial charge < -0.3 is 4.98 Å². The van der Waals surface area contributed by atoms with Crippen molar-refractivity contribution in [1.29, 1.82) is 0 Å². The predicted octanol–water partition coefficient (Wildman–Crippen LogP) is 1.89. The van der Waals surface area contributed by atoms with E-state index in [1.807, 2.05) is 41.2 Å². The van der Waals surface area contributed by atoms with Gasteiger partial charge in [-0.15, -0.1) is 0 Å². The van der Waals surface area contributed by atoms with Crippen molar-refractivity contribution >= 4 is 31.9 Å². The molecule has 2 N–H and O–H groups in total. The maximum absolute atomic E-state index is 10.7. The minimum absolute atomic E-state index is 0.218. The zero-order chi connectivity index (χ0) is 14.2. The minimum atomic E-state index is -3.88. The molecule has 0 bridgehead atoms. The summed E-state index contributed by atoms with van der Waals surface area (Å²) in [5.74, 6) is -0.218. The van der Waals surface area contributed by atoms with E-state index in [4.69, 9.17) is 4.55 Å². The fraction of sp³-hybridized carbons (Fsp3) is 0.214. The minimum Gasteiger partial charge on any atom is -0.350 e. The number of para-hydroxylation sites is 1. The third-order valence-electron chi connectivity index (χ3n) is 3.32. The molecule has 0 amide bonds. The molecule has 0 saturated carbocycles. The van der Waals surface area contributed by atoms with Gasteiger partial charge in [0.1, 0.15) is 12.1 Å². The van der Waals surface area contributed by atoms with Gasteiger partial charge in [-0.3, -0.25) is 4.55 Å². The summed E-state index contributed by atoms with van der Waals surface area (Å²) in [6, 6.07) is 10.1. The highest BCUT2D eigenvalue weighted by molar-refractivity contribution is 7.85. The standard InChI is InChI=1S/C14H14N2O3S/c17-20(18,19)9-3-7-16-8-6-12-11-4-1-2-5-13(11)15-14(12)10-16/h1-2,4-6,8,10H,3,7,9H2,(H,17,18,19)/p+1. The van der Waals surface area contributed by atoms with Gasteiger partial charge in [-0.1, -0.05) is 18.2 Å². The Morgan fingerprint density at radius 3 is 2.65 bits per heavy atom. The first-order valence-corrected chi connectivity index (χ1v) is 7.98. The monoisotopic (exact) mass is 291 g/mol. The van der Waals surface area contributed by atoms with E-state index < -0.39 is 10.1 Å². The smallest absolute Gasteiger partial charge is 0.265 e. The number of nitrogens with one attached hydrogen (secondary N) is 1. The van der Waals surface area contributed by atoms with Gasteiger partial charge in [-0.2, -0.15) is 8.42 Å². The summed E-state index contributed by atoms with van der Waals surface area (Å²) in [7, 11) is -3.88. The molecule has 0 unspecified atom stereocenters. The molecule has 6 heteroatoms. The lowest BCUT2D eigenvalue weighted by atomic mass is 10.2. The van der Waals surface area contributed by atoms with Crippen molar-refractivity contribution in [2.75, 3.05) is 5.75 Å². The van der Waals surface area contributed by atoms with Gasteiger partial charge in [0.05, 0.1) is 5.75 Å². The number of fused-ring (bicyclic) bond motifs is 3. The molecular formula is C14H15N2O3S+. The normalized spacial score (nSPS) is 12.2. The molecule has 0 aliphatic heterocycles. The first kappa shape index (κ1) is 13.1. The quantitative estimate of drug-likeness (QED) is 0.569. The second-order valence-electron chi connectivity index (χ2n) is 4.82. The van der Waals surface area contributed by atoms with Gasteiger partial charge in [0.2, 0.25) is 0 Å². The molecule has 0 aliphatic carbocycles. The van der Waals surface area contributed by atoms with Crippen molar-refractivity contribution in [3.63, 3.8) is 0 Å². The molecule has 2 aromatic heterocycles. The van der Waals surface area contributed by atoms with Crippen LogP contribution in [-0.4, -0.2) is 23.7 Å². The Hall–Kier alpha value is -1.92. The summed E-state index contributed by atoms with van der Waals surface area (Å²) in [4.78, 5) is 3.34. The summed E-state index contributed by atoms with van der Waals surface area (Å²) in [5, 5.41) is 2.32. The van der Waals surface area contributed by atoms with Crippen molar-refractivity contribution in [2.45, 2.75) is 13.0 Å². The largest absolute Gasteiger partial charge is 0.350 e. The Kier molecular flexibility index (Phi) is 3.19. The van der Waals surface area contributed by atoms with E-state index in [-0.39, 0.29) is 5.75 Å². The third kappa shape index (κ3) is 2.66. The van der Waals surface area contributed by atoms with Crippen molar-refractivity contribution in [3.05, 3.63) is 42.7 Å². The van der Waals surface area contributed by atoms with Crippen LogP contribution in [0, 0.1) is 0 Å². The van der Waals surface area contributed by atoms with E-state index in [1.54, 1.807) is 0 Å². The summed E-state index contributed by atoms with van der Waals surface area (Å²) in [5.41, 5.74) is 2.10. The number of aromatic amines is 1. The van der Waals surface area contributed by atoms with Crippen LogP contribution < -0.4 is 4.57 Å². The number of aromatic nitrogens is 2. The van der Waals surface area contributed by atoms with E-state index in [0.717, 1.165) is 16.4 Å². The van der Waals surface area contributed by atoms with Crippen LogP contribution in [-0.2, 0) is 16.7 Å². The van der Waals surface area contributed by atoms with Crippen LogP contribution in [0.3, 0.4) is 0 Å². The van der Waals surface area contributed by atoms with Crippen LogP contribution in [0.2, 0.25) is 0 Å². The second kappa shape index (κ2) is 4.88. The van der Waals surface area contributed by atoms with Gasteiger partial charge in [0.15, 0.2) is 12.4 Å². The molecule has 0 radical (unpaired) electrons. The van der Waals surface area contributed by atoms with E-state index in [0.29, 0.717) is 13.0 Å². The molecule has 3 rings (SSSR count). The zero-order valence-electron chi connectivity index (χ0n) is 10.8. The number of rotatable bonds is 4. The lowest BCUT2D eigenvalue weighted by molar-refractivity contribution is -0.695. The number of nitrogens with zero attached hydrogens (tertiary/aromatic N) is 1. The topological polar surface area (TPSA) is 74.0 Å². The van der Waals surface area contributed by atoms with Crippen molar-refractivity contribution in [2.24, 2.45) is 0 Å². The predicted molar refractivity (Wildman–Crippen MR) is 77.0 cm³/mol. The van der Waals surface area contributed by atoms with Crippen molar-refractivity contribution < 1.29 is 17.5 Å². The summed E-state index contributed by atoms with van der Waals surface area (Å²) >= 11 is 0. The SMILES string of the molecule is O=S(=O)(O)CCC[n+]1ccc2c(c1)[nH]c1ccccc12. The lowest BCUT2D eigenvalue weighted by Crippen LogP contribution is -2.33. The number of pyridine rings is 1. The molecule has 0 saturated heterocycles. The molecule has 3 aromatic rings. The Bertz CT molecular complexity index is 868. The Morgan fingerprint density at radius 1 is 1.10 bits per heavy atom. The maximum Gasteiger partial charge on any atom is 0.265 e. The molecule has 104 valence electrons. The summed E-state index contributed by atoms with van der Waals surface area (Å²) in [6.45, 7) is 0.547. The van der Waals surface area contributed by atoms with Gasteiger partial charge in [-0.05, 0) is 6.07 Å². The third-order valence-corrected chi connectivity index (χ3v) is 4.13. The molecule has 20 heavy (non-hydrogen) atoms. The highest BCUT2D eigenvalue weighted by Gasteiger charge is 2.10. The zero-order valence-corrected chi connectivity index (χ0v) is 11.6. The van der Waals surface area contributed by atoms with Crippen molar-refractivity contribution in [1.82, 2.24) is 4.98 Å². The van der Waals surface area contributed by atoms with Crippen LogP contribution in [0.1, 0.15) is 6.42 Å². The molecule has 0 spiro atoms. The van der Waals surface area contributed by atoms with Gasteiger partial charge in [0.25, 0.3) is 10.1 Å². The van der Waals surface area contributed by atoms with E-state index in [9.17, 15) is 8.42 Å². The summed E-state index contributed by atoms with van der Waals surface area (Å²) < 4.78 is 32.0. The van der Waals surface area contributed by atoms with Crippen molar-refractivity contribution in [3.8, 4) is 0 Å². The lowest BCUT2D eigenvalue weighted by Gasteiger charge is -1.96. The van der Waals surface area contributed by atoms with Crippen LogP contribution >= 0.6 is 0 Å². The molecular weight excluding hydrogens is 276 g/mol. The average molecular weight is 291 g/mol. The first-order chi connectivity index (χ1) is 9.53. The van der Waals surface area contributed by atoms with E-state index in [2.05, 4.69) is 11.1 Å². The van der Waals surface area contributed by atoms with E-state index >= 15 is 0 Å². The van der Waals surface area contributed by atoms with Gasteiger partial charge in [-0.25, -0.2) is 4.57 Å². The molecule has 0 atom stereocenters. The maximum atomic E-state index is 10.7. The molecule has 1 aromatic carbocycles. The average Bonchev–Trinajstić information content (AvgIpc) is 2.74.